The molecule has 1 fully saturated rings. The predicted molar refractivity (Wildman–Crippen MR) is 122 cm³/mol. The third kappa shape index (κ3) is 6.41. The summed E-state index contributed by atoms with van der Waals surface area (Å²) in [5.74, 6) is -0.577. The Kier molecular flexibility index (Phi) is 8.54. The highest BCUT2D eigenvalue weighted by molar-refractivity contribution is 7.97. The number of rotatable bonds is 7. The highest BCUT2D eigenvalue weighted by Crippen LogP contribution is 2.30. The molecule has 0 aliphatic carbocycles. The molecule has 2 aromatic rings. The van der Waals surface area contributed by atoms with Crippen LogP contribution in [0.3, 0.4) is 0 Å². The minimum Gasteiger partial charge on any atom is -0.492 e. The molecule has 162 valence electrons. The van der Waals surface area contributed by atoms with Crippen molar-refractivity contribution < 1.29 is 13.9 Å². The van der Waals surface area contributed by atoms with Crippen LogP contribution in [0.5, 0.6) is 5.75 Å². The molecule has 0 spiro atoms. The molecule has 1 amide bonds. The number of carbonyl (C=O) groups excluding carboxylic acids is 1. The number of carbonyl (C=O) groups is 1. The van der Waals surface area contributed by atoms with Gasteiger partial charge in [0.1, 0.15) is 11.6 Å². The van der Waals surface area contributed by atoms with E-state index in [1.54, 1.807) is 12.3 Å². The van der Waals surface area contributed by atoms with Crippen LogP contribution >= 0.6 is 46.8 Å². The Bertz CT molecular complexity index is 888. The lowest BCUT2D eigenvalue weighted by atomic mass is 9.97. The maximum Gasteiger partial charge on any atom is 0.264 e. The molecule has 1 aliphatic heterocycles. The van der Waals surface area contributed by atoms with Gasteiger partial charge in [-0.25, -0.2) is 4.39 Å². The maximum absolute atomic E-state index is 14.3. The van der Waals surface area contributed by atoms with Crippen LogP contribution in [-0.2, 0) is 6.54 Å². The Morgan fingerprint density at radius 2 is 1.83 bits per heavy atom. The van der Waals surface area contributed by atoms with E-state index in [9.17, 15) is 9.18 Å². The predicted octanol–water partition coefficient (Wildman–Crippen LogP) is 6.08. The van der Waals surface area contributed by atoms with Gasteiger partial charge in [-0.3, -0.25) is 14.4 Å². The lowest BCUT2D eigenvalue weighted by Gasteiger charge is -2.32. The average molecular weight is 492 g/mol. The van der Waals surface area contributed by atoms with Crippen LogP contribution in [0.25, 0.3) is 0 Å². The lowest BCUT2D eigenvalue weighted by Crippen LogP contribution is -2.35. The maximum atomic E-state index is 14.3. The summed E-state index contributed by atoms with van der Waals surface area (Å²) in [6.45, 7) is 3.10. The summed E-state index contributed by atoms with van der Waals surface area (Å²) in [7, 11) is 0. The third-order valence-electron chi connectivity index (χ3n) is 4.97. The first kappa shape index (κ1) is 23.5. The Morgan fingerprint density at radius 1 is 1.17 bits per heavy atom. The highest BCUT2D eigenvalue weighted by atomic mass is 35.5. The van der Waals surface area contributed by atoms with E-state index >= 15 is 0 Å². The number of ether oxygens (including phenoxy) is 1. The van der Waals surface area contributed by atoms with E-state index in [-0.39, 0.29) is 16.3 Å². The van der Waals surface area contributed by atoms with Crippen molar-refractivity contribution in [2.24, 2.45) is 5.92 Å². The van der Waals surface area contributed by atoms with Gasteiger partial charge in [0.05, 0.1) is 17.2 Å². The molecular formula is C21H22Cl3FN2O2S. The minimum atomic E-state index is -0.657. The molecule has 1 saturated heterocycles. The number of likely N-dealkylation sites (tertiary alicyclic amines) is 1. The Labute approximate surface area is 195 Å². The van der Waals surface area contributed by atoms with Crippen molar-refractivity contribution in [3.8, 4) is 5.75 Å². The van der Waals surface area contributed by atoms with Crippen LogP contribution < -0.4 is 9.46 Å². The average Bonchev–Trinajstić information content (AvgIpc) is 2.69. The van der Waals surface area contributed by atoms with Gasteiger partial charge in [0, 0.05) is 28.9 Å². The number of nitrogens with zero attached hydrogens (tertiary/aromatic N) is 1. The fraction of sp³-hybridized carbons (Fsp3) is 0.381. The van der Waals surface area contributed by atoms with Crippen LogP contribution in [0.1, 0.15) is 28.8 Å². The van der Waals surface area contributed by atoms with Gasteiger partial charge in [0.25, 0.3) is 5.91 Å². The Hall–Kier alpha value is -1.18. The van der Waals surface area contributed by atoms with Gasteiger partial charge in [-0.15, -0.1) is 0 Å². The minimum absolute atomic E-state index is 0.101. The van der Waals surface area contributed by atoms with Crippen LogP contribution in [0.4, 0.5) is 4.39 Å². The van der Waals surface area contributed by atoms with Gasteiger partial charge in [-0.05, 0) is 61.7 Å². The third-order valence-corrected chi connectivity index (χ3v) is 6.09. The van der Waals surface area contributed by atoms with Crippen LogP contribution in [-0.4, -0.2) is 36.8 Å². The second kappa shape index (κ2) is 10.9. The topological polar surface area (TPSA) is 41.6 Å². The lowest BCUT2D eigenvalue weighted by molar-refractivity contribution is 0.0980. The van der Waals surface area contributed by atoms with Crippen LogP contribution in [0.2, 0.25) is 15.1 Å². The molecule has 0 bridgehead atoms. The molecule has 0 aromatic heterocycles. The first-order valence-corrected chi connectivity index (χ1v) is 11.8. The quantitative estimate of drug-likeness (QED) is 0.476. The van der Waals surface area contributed by atoms with E-state index in [1.807, 2.05) is 12.1 Å². The standard InChI is InChI=1S/C21H22Cl3FN2O2S/c1-30-26-21(28)17-9-18(24)20(10-19(17)25)29-12-13-2-4-27(5-3-13)11-14-6-15(22)8-16(23)7-14/h6-10,13H,2-5,11-12H2,1H3,(H,26,28). The zero-order valence-electron chi connectivity index (χ0n) is 16.4. The second-order valence-corrected chi connectivity index (χ2v) is 9.10. The fourth-order valence-electron chi connectivity index (χ4n) is 3.44. The smallest absolute Gasteiger partial charge is 0.264 e. The van der Waals surface area contributed by atoms with Crippen LogP contribution in [0.15, 0.2) is 30.3 Å². The van der Waals surface area contributed by atoms with E-state index in [2.05, 4.69) is 9.62 Å². The van der Waals surface area contributed by atoms with E-state index in [1.165, 1.54) is 12.1 Å². The number of halogens is 4. The molecule has 1 heterocycles. The number of hydrogen-bond donors (Lipinski definition) is 1. The molecule has 0 atom stereocenters. The molecule has 0 radical (unpaired) electrons. The van der Waals surface area contributed by atoms with Gasteiger partial charge >= 0.3 is 0 Å². The van der Waals surface area contributed by atoms with E-state index in [4.69, 9.17) is 39.5 Å². The largest absolute Gasteiger partial charge is 0.492 e. The normalized spacial score (nSPS) is 15.2. The summed E-state index contributed by atoms with van der Waals surface area (Å²) >= 11 is 19.4. The number of hydrogen-bond acceptors (Lipinski definition) is 4. The number of piperidine rings is 1. The zero-order valence-corrected chi connectivity index (χ0v) is 19.5. The fourth-order valence-corrected chi connectivity index (χ4v) is 4.52. The number of nitrogens with one attached hydrogen (secondary N) is 1. The molecule has 1 aliphatic rings. The van der Waals surface area contributed by atoms with Gasteiger partial charge in [0.15, 0.2) is 0 Å². The SMILES string of the molecule is CSNC(=O)c1cc(Cl)c(OCC2CCN(Cc3cc(Cl)cc(Cl)c3)CC2)cc1F. The molecule has 4 nitrogen and oxygen atoms in total. The van der Waals surface area contributed by atoms with Crippen molar-refractivity contribution in [2.45, 2.75) is 19.4 Å². The summed E-state index contributed by atoms with van der Waals surface area (Å²) in [5, 5.41) is 1.50. The van der Waals surface area contributed by atoms with Gasteiger partial charge in [0.2, 0.25) is 0 Å². The van der Waals surface area contributed by atoms with E-state index in [0.717, 1.165) is 50.0 Å². The van der Waals surface area contributed by atoms with Gasteiger partial charge in [-0.2, -0.15) is 0 Å². The molecular weight excluding hydrogens is 470 g/mol. The van der Waals surface area contributed by atoms with Crippen LogP contribution in [0, 0.1) is 11.7 Å². The molecule has 1 N–H and O–H groups in total. The molecule has 2 aromatic carbocycles. The molecule has 3 rings (SSSR count). The second-order valence-electron chi connectivity index (χ2n) is 7.21. The summed E-state index contributed by atoms with van der Waals surface area (Å²) in [6, 6.07) is 8.07. The number of amides is 1. The van der Waals surface area contributed by atoms with Gasteiger partial charge in [-0.1, -0.05) is 46.8 Å². The van der Waals surface area contributed by atoms with Crippen molar-refractivity contribution in [2.75, 3.05) is 26.0 Å². The molecule has 9 heteroatoms. The molecule has 0 saturated carbocycles. The van der Waals surface area contributed by atoms with Crippen molar-refractivity contribution in [3.63, 3.8) is 0 Å². The summed E-state index contributed by atoms with van der Waals surface area (Å²) in [5.41, 5.74) is 0.992. The Balaban J connectivity index is 1.51. The monoisotopic (exact) mass is 490 g/mol. The van der Waals surface area contributed by atoms with Crippen molar-refractivity contribution in [3.05, 3.63) is 62.3 Å². The molecule has 30 heavy (non-hydrogen) atoms. The number of benzene rings is 2. The van der Waals surface area contributed by atoms with Crippen molar-refractivity contribution >= 4 is 52.7 Å². The van der Waals surface area contributed by atoms with Crippen molar-refractivity contribution in [1.29, 1.82) is 0 Å². The highest BCUT2D eigenvalue weighted by Gasteiger charge is 2.21. The van der Waals surface area contributed by atoms with E-state index in [0.29, 0.717) is 22.6 Å². The van der Waals surface area contributed by atoms with Gasteiger partial charge < -0.3 is 4.74 Å². The summed E-state index contributed by atoms with van der Waals surface area (Å²) in [4.78, 5) is 14.2. The first-order valence-electron chi connectivity index (χ1n) is 9.48. The summed E-state index contributed by atoms with van der Waals surface area (Å²) < 4.78 is 22.5. The first-order chi connectivity index (χ1) is 14.4. The zero-order chi connectivity index (χ0) is 21.7. The Morgan fingerprint density at radius 3 is 2.47 bits per heavy atom. The summed E-state index contributed by atoms with van der Waals surface area (Å²) in [6.07, 6.45) is 3.61. The van der Waals surface area contributed by atoms with Crippen molar-refractivity contribution in [1.82, 2.24) is 9.62 Å². The van der Waals surface area contributed by atoms with E-state index < -0.39 is 11.7 Å². The molecule has 0 unspecified atom stereocenters.